The van der Waals surface area contributed by atoms with Crippen LogP contribution in [0.15, 0.2) is 36.7 Å². The summed E-state index contributed by atoms with van der Waals surface area (Å²) >= 11 is 5.99. The predicted molar refractivity (Wildman–Crippen MR) is 73.1 cm³/mol. The van der Waals surface area contributed by atoms with Crippen molar-refractivity contribution in [3.05, 3.63) is 52.8 Å². The van der Waals surface area contributed by atoms with Crippen LogP contribution in [0.5, 0.6) is 0 Å². The monoisotopic (exact) mass is 264 g/mol. The molecule has 18 heavy (non-hydrogen) atoms. The van der Waals surface area contributed by atoms with Crippen LogP contribution in [0.1, 0.15) is 24.1 Å². The van der Waals surface area contributed by atoms with E-state index in [0.29, 0.717) is 0 Å². The van der Waals surface area contributed by atoms with E-state index in [2.05, 4.69) is 17.4 Å². The Morgan fingerprint density at radius 2 is 2.33 bits per heavy atom. The first-order valence-corrected chi connectivity index (χ1v) is 6.33. The van der Waals surface area contributed by atoms with Gasteiger partial charge in [-0.1, -0.05) is 23.7 Å². The number of nitrogens with two attached hydrogens (primary N) is 1. The lowest BCUT2D eigenvalue weighted by Gasteiger charge is -2.15. The molecule has 0 saturated carbocycles. The number of aromatic nitrogens is 2. The number of aryl methyl sites for hydroxylation is 1. The van der Waals surface area contributed by atoms with E-state index in [0.717, 1.165) is 29.1 Å². The molecule has 0 bridgehead atoms. The molecule has 0 radical (unpaired) electrons. The summed E-state index contributed by atoms with van der Waals surface area (Å²) in [6, 6.07) is 7.76. The quantitative estimate of drug-likeness (QED) is 0.644. The minimum Gasteiger partial charge on any atom is -0.273 e. The SMILES string of the molecule is CCn1cc(CC(NN)c2cccc(Cl)c2)cn1. The third kappa shape index (κ3) is 3.10. The molecule has 0 aliphatic heterocycles. The van der Waals surface area contributed by atoms with Crippen molar-refractivity contribution in [3.63, 3.8) is 0 Å². The number of hydrogen-bond donors (Lipinski definition) is 2. The highest BCUT2D eigenvalue weighted by Crippen LogP contribution is 2.20. The van der Waals surface area contributed by atoms with E-state index in [1.165, 1.54) is 0 Å². The molecule has 3 N–H and O–H groups in total. The van der Waals surface area contributed by atoms with Crippen LogP contribution in [0.25, 0.3) is 0 Å². The molecule has 0 aliphatic carbocycles. The molecule has 1 heterocycles. The van der Waals surface area contributed by atoms with E-state index in [1.54, 1.807) is 0 Å². The van der Waals surface area contributed by atoms with E-state index in [1.807, 2.05) is 41.3 Å². The molecule has 96 valence electrons. The van der Waals surface area contributed by atoms with Gasteiger partial charge in [0.2, 0.25) is 0 Å². The molecule has 4 nitrogen and oxygen atoms in total. The van der Waals surface area contributed by atoms with Gasteiger partial charge in [-0.15, -0.1) is 0 Å². The summed E-state index contributed by atoms with van der Waals surface area (Å²) in [6.45, 7) is 2.93. The third-order valence-corrected chi connectivity index (χ3v) is 3.14. The minimum absolute atomic E-state index is 0.0400. The summed E-state index contributed by atoms with van der Waals surface area (Å²) in [5.74, 6) is 5.62. The van der Waals surface area contributed by atoms with Crippen LogP contribution in [-0.4, -0.2) is 9.78 Å². The number of benzene rings is 1. The predicted octanol–water partition coefficient (Wildman–Crippen LogP) is 2.30. The van der Waals surface area contributed by atoms with E-state index >= 15 is 0 Å². The number of hydrogen-bond acceptors (Lipinski definition) is 3. The first kappa shape index (κ1) is 13.1. The van der Waals surface area contributed by atoms with Crippen LogP contribution in [0.4, 0.5) is 0 Å². The maximum absolute atomic E-state index is 5.99. The lowest BCUT2D eigenvalue weighted by Crippen LogP contribution is -2.29. The Hall–Kier alpha value is -1.36. The maximum atomic E-state index is 5.99. The van der Waals surface area contributed by atoms with Gasteiger partial charge in [0.1, 0.15) is 0 Å². The van der Waals surface area contributed by atoms with Gasteiger partial charge >= 0.3 is 0 Å². The van der Waals surface area contributed by atoms with Crippen molar-refractivity contribution in [1.29, 1.82) is 0 Å². The number of hydrazine groups is 1. The van der Waals surface area contributed by atoms with Gasteiger partial charge in [0.25, 0.3) is 0 Å². The molecule has 1 atom stereocenters. The van der Waals surface area contributed by atoms with Gasteiger partial charge in [-0.25, -0.2) is 0 Å². The normalized spacial score (nSPS) is 12.6. The highest BCUT2D eigenvalue weighted by Gasteiger charge is 2.12. The van der Waals surface area contributed by atoms with Crippen LogP contribution >= 0.6 is 11.6 Å². The molecule has 0 fully saturated rings. The lowest BCUT2D eigenvalue weighted by molar-refractivity contribution is 0.551. The topological polar surface area (TPSA) is 55.9 Å². The highest BCUT2D eigenvalue weighted by molar-refractivity contribution is 6.30. The van der Waals surface area contributed by atoms with Crippen molar-refractivity contribution >= 4 is 11.6 Å². The molecule has 0 saturated heterocycles. The van der Waals surface area contributed by atoms with Crippen LogP contribution < -0.4 is 11.3 Å². The molecule has 0 aliphatic rings. The van der Waals surface area contributed by atoms with Crippen molar-refractivity contribution in [2.45, 2.75) is 25.9 Å². The first-order chi connectivity index (χ1) is 8.72. The van der Waals surface area contributed by atoms with E-state index in [-0.39, 0.29) is 6.04 Å². The summed E-state index contributed by atoms with van der Waals surface area (Å²) in [5.41, 5.74) is 5.06. The number of halogens is 1. The van der Waals surface area contributed by atoms with Crippen molar-refractivity contribution < 1.29 is 0 Å². The molecule has 2 aromatic rings. The van der Waals surface area contributed by atoms with Crippen LogP contribution in [0.3, 0.4) is 0 Å². The van der Waals surface area contributed by atoms with Gasteiger partial charge in [-0.05, 0) is 36.6 Å². The van der Waals surface area contributed by atoms with E-state index in [9.17, 15) is 0 Å². The first-order valence-electron chi connectivity index (χ1n) is 5.96. The fourth-order valence-electron chi connectivity index (χ4n) is 1.92. The molecule has 1 aromatic carbocycles. The number of rotatable bonds is 5. The van der Waals surface area contributed by atoms with Crippen molar-refractivity contribution in [2.24, 2.45) is 5.84 Å². The fourth-order valence-corrected chi connectivity index (χ4v) is 2.12. The van der Waals surface area contributed by atoms with Crippen LogP contribution in [0.2, 0.25) is 5.02 Å². The second kappa shape index (κ2) is 6.00. The van der Waals surface area contributed by atoms with Gasteiger partial charge < -0.3 is 0 Å². The Balaban J connectivity index is 2.14. The Bertz CT molecular complexity index is 509. The molecule has 1 unspecified atom stereocenters. The molecule has 1 aromatic heterocycles. The molecule has 2 rings (SSSR count). The van der Waals surface area contributed by atoms with Gasteiger partial charge in [0.05, 0.1) is 12.2 Å². The average Bonchev–Trinajstić information content (AvgIpc) is 2.83. The zero-order chi connectivity index (χ0) is 13.0. The van der Waals surface area contributed by atoms with Gasteiger partial charge in [0.15, 0.2) is 0 Å². The molecule has 5 heteroatoms. The summed E-state index contributed by atoms with van der Waals surface area (Å²) in [5, 5.41) is 4.97. The molecule has 0 spiro atoms. The van der Waals surface area contributed by atoms with Gasteiger partial charge in [0, 0.05) is 17.8 Å². The van der Waals surface area contributed by atoms with Crippen molar-refractivity contribution in [3.8, 4) is 0 Å². The lowest BCUT2D eigenvalue weighted by atomic mass is 10.0. The van der Waals surface area contributed by atoms with Crippen molar-refractivity contribution in [1.82, 2.24) is 15.2 Å². The number of nitrogens with zero attached hydrogens (tertiary/aromatic N) is 2. The van der Waals surface area contributed by atoms with Gasteiger partial charge in [-0.3, -0.25) is 16.0 Å². The molecular weight excluding hydrogens is 248 g/mol. The smallest absolute Gasteiger partial charge is 0.0522 e. The zero-order valence-electron chi connectivity index (χ0n) is 10.3. The standard InChI is InChI=1S/C13H17ClN4/c1-2-18-9-10(8-16-18)6-13(17-15)11-4-3-5-12(14)7-11/h3-5,7-9,13,17H,2,6,15H2,1H3. The number of nitrogens with one attached hydrogen (secondary N) is 1. The highest BCUT2D eigenvalue weighted by atomic mass is 35.5. The fraction of sp³-hybridized carbons (Fsp3) is 0.308. The third-order valence-electron chi connectivity index (χ3n) is 2.90. The summed E-state index contributed by atoms with van der Waals surface area (Å²) in [6.07, 6.45) is 4.70. The Morgan fingerprint density at radius 1 is 1.50 bits per heavy atom. The summed E-state index contributed by atoms with van der Waals surface area (Å²) < 4.78 is 1.90. The zero-order valence-corrected chi connectivity index (χ0v) is 11.1. The largest absolute Gasteiger partial charge is 0.273 e. The molecular formula is C13H17ClN4. The molecule has 0 amide bonds. The maximum Gasteiger partial charge on any atom is 0.0522 e. The average molecular weight is 265 g/mol. The summed E-state index contributed by atoms with van der Waals surface area (Å²) in [7, 11) is 0. The second-order valence-electron chi connectivity index (χ2n) is 4.18. The van der Waals surface area contributed by atoms with Crippen LogP contribution in [-0.2, 0) is 13.0 Å². The second-order valence-corrected chi connectivity index (χ2v) is 4.62. The summed E-state index contributed by atoms with van der Waals surface area (Å²) in [4.78, 5) is 0. The Morgan fingerprint density at radius 3 is 2.94 bits per heavy atom. The van der Waals surface area contributed by atoms with Gasteiger partial charge in [-0.2, -0.15) is 5.10 Å². The van der Waals surface area contributed by atoms with E-state index < -0.39 is 0 Å². The minimum atomic E-state index is 0.0400. The van der Waals surface area contributed by atoms with E-state index in [4.69, 9.17) is 17.4 Å². The van der Waals surface area contributed by atoms with Crippen molar-refractivity contribution in [2.75, 3.05) is 0 Å². The Kier molecular flexibility index (Phi) is 4.36. The van der Waals surface area contributed by atoms with Crippen LogP contribution in [0, 0.1) is 0 Å². The Labute approximate surface area is 112 Å².